The van der Waals surface area contributed by atoms with Crippen molar-refractivity contribution >= 4 is 17.6 Å². The molecular formula is C18H25N7O2. The number of aromatic amines is 1. The maximum Gasteiger partial charge on any atom is 0.329 e. The molecule has 144 valence electrons. The Morgan fingerprint density at radius 2 is 1.56 bits per heavy atom. The molecule has 4 heterocycles. The molecule has 0 bridgehead atoms. The number of hydrogen-bond donors (Lipinski definition) is 1. The molecule has 0 atom stereocenters. The van der Waals surface area contributed by atoms with Gasteiger partial charge in [-0.3, -0.25) is 14.3 Å². The fourth-order valence-corrected chi connectivity index (χ4v) is 3.65. The summed E-state index contributed by atoms with van der Waals surface area (Å²) in [5.74, 6) is 2.34. The Balaban J connectivity index is 1.49. The predicted octanol–water partition coefficient (Wildman–Crippen LogP) is 0.0988. The summed E-state index contributed by atoms with van der Waals surface area (Å²) in [6.07, 6.45) is 2.43. The van der Waals surface area contributed by atoms with Gasteiger partial charge in [0.05, 0.1) is 0 Å². The SMILES string of the molecule is Cc1cc(N2CCCC2)nc(N2CCN(c3cc(=O)n(C)c(=O)[nH]3)CC2)n1. The molecule has 9 heteroatoms. The van der Waals surface area contributed by atoms with E-state index in [1.54, 1.807) is 0 Å². The van der Waals surface area contributed by atoms with Crippen LogP contribution in [0.2, 0.25) is 0 Å². The van der Waals surface area contributed by atoms with Crippen LogP contribution in [-0.2, 0) is 7.05 Å². The summed E-state index contributed by atoms with van der Waals surface area (Å²) >= 11 is 0. The van der Waals surface area contributed by atoms with Gasteiger partial charge in [0.15, 0.2) is 0 Å². The number of nitrogens with zero attached hydrogens (tertiary/aromatic N) is 6. The first-order valence-corrected chi connectivity index (χ1v) is 9.42. The lowest BCUT2D eigenvalue weighted by Crippen LogP contribution is -2.48. The van der Waals surface area contributed by atoms with Crippen LogP contribution in [0.5, 0.6) is 0 Å². The second-order valence-electron chi connectivity index (χ2n) is 7.19. The minimum Gasteiger partial charge on any atom is -0.356 e. The monoisotopic (exact) mass is 371 g/mol. The minimum atomic E-state index is -0.391. The zero-order valence-corrected chi connectivity index (χ0v) is 15.8. The van der Waals surface area contributed by atoms with Crippen LogP contribution < -0.4 is 25.9 Å². The lowest BCUT2D eigenvalue weighted by atomic mass is 10.3. The molecule has 2 aliphatic rings. The van der Waals surface area contributed by atoms with E-state index >= 15 is 0 Å². The third kappa shape index (κ3) is 3.54. The number of aryl methyl sites for hydroxylation is 1. The highest BCUT2D eigenvalue weighted by Gasteiger charge is 2.22. The van der Waals surface area contributed by atoms with Crippen molar-refractivity contribution in [1.29, 1.82) is 0 Å². The molecule has 0 amide bonds. The normalized spacial score (nSPS) is 17.6. The van der Waals surface area contributed by atoms with E-state index in [9.17, 15) is 9.59 Å². The third-order valence-electron chi connectivity index (χ3n) is 5.29. The average molecular weight is 371 g/mol. The summed E-state index contributed by atoms with van der Waals surface area (Å²) in [4.78, 5) is 42.4. The summed E-state index contributed by atoms with van der Waals surface area (Å²) < 4.78 is 1.07. The molecule has 0 unspecified atom stereocenters. The molecule has 2 aliphatic heterocycles. The molecule has 2 saturated heterocycles. The van der Waals surface area contributed by atoms with Crippen molar-refractivity contribution in [1.82, 2.24) is 19.5 Å². The van der Waals surface area contributed by atoms with E-state index in [0.717, 1.165) is 48.2 Å². The van der Waals surface area contributed by atoms with Crippen LogP contribution in [0.15, 0.2) is 21.7 Å². The number of H-pyrrole nitrogens is 1. The van der Waals surface area contributed by atoms with Crippen molar-refractivity contribution in [2.24, 2.45) is 7.05 Å². The molecule has 0 aromatic carbocycles. The fraction of sp³-hybridized carbons (Fsp3) is 0.556. The molecule has 0 spiro atoms. The summed E-state index contributed by atoms with van der Waals surface area (Å²) in [6.45, 7) is 6.98. The fourth-order valence-electron chi connectivity index (χ4n) is 3.65. The summed E-state index contributed by atoms with van der Waals surface area (Å²) in [7, 11) is 1.47. The molecule has 1 N–H and O–H groups in total. The first-order valence-electron chi connectivity index (χ1n) is 9.42. The lowest BCUT2D eigenvalue weighted by Gasteiger charge is -2.36. The molecule has 0 radical (unpaired) electrons. The Labute approximate surface area is 157 Å². The molecule has 0 saturated carbocycles. The van der Waals surface area contributed by atoms with E-state index in [4.69, 9.17) is 4.98 Å². The molecule has 2 aromatic heterocycles. The van der Waals surface area contributed by atoms with Gasteiger partial charge in [-0.1, -0.05) is 0 Å². The zero-order chi connectivity index (χ0) is 19.0. The van der Waals surface area contributed by atoms with Gasteiger partial charge in [-0.15, -0.1) is 0 Å². The van der Waals surface area contributed by atoms with Crippen LogP contribution in [0.25, 0.3) is 0 Å². The predicted molar refractivity (Wildman–Crippen MR) is 105 cm³/mol. The molecule has 2 aromatic rings. The molecule has 4 rings (SSSR count). The van der Waals surface area contributed by atoms with Gasteiger partial charge in [-0.05, 0) is 19.8 Å². The standard InChI is InChI=1S/C18H25N7O2/c1-13-11-14(23-5-3-4-6-23)20-17(19-13)25-9-7-24(8-10-25)15-12-16(26)22(2)18(27)21-15/h11-12H,3-10H2,1-2H3,(H,21,27). The van der Waals surface area contributed by atoms with Crippen LogP contribution >= 0.6 is 0 Å². The largest absolute Gasteiger partial charge is 0.356 e. The number of hydrogen-bond acceptors (Lipinski definition) is 7. The van der Waals surface area contributed by atoms with Gasteiger partial charge < -0.3 is 14.7 Å². The molecular weight excluding hydrogens is 346 g/mol. The van der Waals surface area contributed by atoms with Crippen LogP contribution in [0.1, 0.15) is 18.5 Å². The maximum absolute atomic E-state index is 11.9. The highest BCUT2D eigenvalue weighted by atomic mass is 16.2. The highest BCUT2D eigenvalue weighted by Crippen LogP contribution is 2.22. The summed E-state index contributed by atoms with van der Waals surface area (Å²) in [6, 6.07) is 3.53. The molecule has 0 aliphatic carbocycles. The Morgan fingerprint density at radius 3 is 2.22 bits per heavy atom. The summed E-state index contributed by atoms with van der Waals surface area (Å²) in [5, 5.41) is 0. The zero-order valence-electron chi connectivity index (χ0n) is 15.8. The number of rotatable bonds is 3. The van der Waals surface area contributed by atoms with Gasteiger partial charge in [0.1, 0.15) is 11.6 Å². The topological polar surface area (TPSA) is 90.4 Å². The smallest absolute Gasteiger partial charge is 0.329 e. The maximum atomic E-state index is 11.9. The first-order chi connectivity index (χ1) is 13.0. The highest BCUT2D eigenvalue weighted by molar-refractivity contribution is 5.48. The molecule has 2 fully saturated rings. The first kappa shape index (κ1) is 17.6. The number of piperazine rings is 1. The second-order valence-corrected chi connectivity index (χ2v) is 7.19. The van der Waals surface area contributed by atoms with Gasteiger partial charge in [0.25, 0.3) is 5.56 Å². The van der Waals surface area contributed by atoms with E-state index < -0.39 is 5.69 Å². The Hall–Kier alpha value is -2.84. The quantitative estimate of drug-likeness (QED) is 0.818. The van der Waals surface area contributed by atoms with E-state index in [1.807, 2.05) is 11.8 Å². The third-order valence-corrected chi connectivity index (χ3v) is 5.29. The summed E-state index contributed by atoms with van der Waals surface area (Å²) in [5.41, 5.74) is 0.283. The number of aromatic nitrogens is 4. The van der Waals surface area contributed by atoms with Gasteiger partial charge in [-0.25, -0.2) is 9.78 Å². The Bertz CT molecular complexity index is 906. The van der Waals surface area contributed by atoms with Crippen molar-refractivity contribution in [3.63, 3.8) is 0 Å². The van der Waals surface area contributed by atoms with E-state index in [1.165, 1.54) is 26.0 Å². The molecule has 27 heavy (non-hydrogen) atoms. The van der Waals surface area contributed by atoms with Gasteiger partial charge >= 0.3 is 5.69 Å². The van der Waals surface area contributed by atoms with Crippen molar-refractivity contribution in [3.8, 4) is 0 Å². The van der Waals surface area contributed by atoms with Crippen molar-refractivity contribution < 1.29 is 0 Å². The lowest BCUT2D eigenvalue weighted by molar-refractivity contribution is 0.627. The second kappa shape index (κ2) is 7.05. The van der Waals surface area contributed by atoms with Crippen molar-refractivity contribution in [2.45, 2.75) is 19.8 Å². The Morgan fingerprint density at radius 1 is 0.889 bits per heavy atom. The van der Waals surface area contributed by atoms with Crippen molar-refractivity contribution in [3.05, 3.63) is 38.7 Å². The van der Waals surface area contributed by atoms with E-state index in [0.29, 0.717) is 18.9 Å². The van der Waals surface area contributed by atoms with Gasteiger partial charge in [-0.2, -0.15) is 4.98 Å². The number of anilines is 3. The van der Waals surface area contributed by atoms with E-state index in [-0.39, 0.29) is 5.56 Å². The van der Waals surface area contributed by atoms with E-state index in [2.05, 4.69) is 25.8 Å². The minimum absolute atomic E-state index is 0.298. The van der Waals surface area contributed by atoms with Crippen LogP contribution in [0, 0.1) is 6.92 Å². The van der Waals surface area contributed by atoms with Crippen LogP contribution in [0.4, 0.5) is 17.6 Å². The average Bonchev–Trinajstić information content (AvgIpc) is 3.20. The number of nitrogens with one attached hydrogen (secondary N) is 1. The van der Waals surface area contributed by atoms with Crippen LogP contribution in [-0.4, -0.2) is 58.8 Å². The van der Waals surface area contributed by atoms with Gasteiger partial charge in [0.2, 0.25) is 5.95 Å². The van der Waals surface area contributed by atoms with Crippen molar-refractivity contribution in [2.75, 3.05) is 54.0 Å². The van der Waals surface area contributed by atoms with Crippen LogP contribution in [0.3, 0.4) is 0 Å². The van der Waals surface area contributed by atoms with Gasteiger partial charge in [0, 0.05) is 64.1 Å². The Kier molecular flexibility index (Phi) is 4.59. The molecule has 9 nitrogen and oxygen atoms in total.